The van der Waals surface area contributed by atoms with Crippen LogP contribution in [0.3, 0.4) is 0 Å². The van der Waals surface area contributed by atoms with Crippen molar-refractivity contribution >= 4 is 23.2 Å². The largest absolute Gasteiger partial charge is 0.454 e. The molecule has 2 aromatic carbocycles. The van der Waals surface area contributed by atoms with E-state index in [2.05, 4.69) is 15.4 Å². The van der Waals surface area contributed by atoms with Crippen LogP contribution in [0.2, 0.25) is 5.15 Å². The van der Waals surface area contributed by atoms with Gasteiger partial charge < -0.3 is 25.6 Å². The smallest absolute Gasteiger partial charge is 0.257 e. The van der Waals surface area contributed by atoms with Crippen molar-refractivity contribution in [3.63, 3.8) is 0 Å². The maximum absolute atomic E-state index is 13.0. The lowest BCUT2D eigenvalue weighted by Crippen LogP contribution is -2.15. The van der Waals surface area contributed by atoms with Crippen molar-refractivity contribution in [3.8, 4) is 28.4 Å². The number of nitrogens with one attached hydrogen (secondary N) is 1. The number of benzene rings is 2. The molecule has 10 heteroatoms. The van der Waals surface area contributed by atoms with Gasteiger partial charge >= 0.3 is 0 Å². The number of aryl methyl sites for hydroxylation is 2. The van der Waals surface area contributed by atoms with E-state index < -0.39 is 6.23 Å². The topological polar surface area (TPSA) is 125 Å². The van der Waals surface area contributed by atoms with E-state index >= 15 is 0 Å². The second kappa shape index (κ2) is 8.63. The van der Waals surface area contributed by atoms with Gasteiger partial charge in [0.2, 0.25) is 6.79 Å². The lowest BCUT2D eigenvalue weighted by atomic mass is 9.88. The molecule has 9 nitrogen and oxygen atoms in total. The standard InChI is InChI=1S/C26H22ClN5O4/c1-13-8-22(27)29-11-19(13)26(34)30-15-4-2-14-3-6-17-23(25(28)33)31-32(24(17)18(14)9-15)16-5-7-20-21(10-16)36-12-35-20/h2,4-5,7-11,25,33H,3,6,12,28H2,1H3,(H,30,34). The highest BCUT2D eigenvalue weighted by molar-refractivity contribution is 6.29. The summed E-state index contributed by atoms with van der Waals surface area (Å²) >= 11 is 5.94. The number of carbonyl (C=O) groups excluding carboxylic acids is 1. The third-order valence-electron chi connectivity index (χ3n) is 6.48. The maximum atomic E-state index is 13.0. The minimum Gasteiger partial charge on any atom is -0.454 e. The quantitative estimate of drug-likeness (QED) is 0.285. The Morgan fingerprint density at radius 2 is 2.00 bits per heavy atom. The molecule has 2 aromatic heterocycles. The third-order valence-corrected chi connectivity index (χ3v) is 6.69. The number of aliphatic hydroxyl groups excluding tert-OH is 1. The molecule has 1 aliphatic heterocycles. The van der Waals surface area contributed by atoms with Crippen LogP contribution >= 0.6 is 11.6 Å². The van der Waals surface area contributed by atoms with Crippen molar-refractivity contribution in [2.45, 2.75) is 26.0 Å². The van der Waals surface area contributed by atoms with E-state index in [1.807, 2.05) is 43.3 Å². The number of nitrogens with zero attached hydrogens (tertiary/aromatic N) is 3. The number of rotatable bonds is 4. The monoisotopic (exact) mass is 503 g/mol. The number of aliphatic hydroxyl groups is 1. The number of anilines is 1. The molecule has 0 radical (unpaired) electrons. The van der Waals surface area contributed by atoms with Gasteiger partial charge in [-0.1, -0.05) is 17.7 Å². The number of hydrogen-bond donors (Lipinski definition) is 3. The highest BCUT2D eigenvalue weighted by atomic mass is 35.5. The van der Waals surface area contributed by atoms with E-state index in [0.717, 1.165) is 40.1 Å². The van der Waals surface area contributed by atoms with Crippen LogP contribution in [0, 0.1) is 6.92 Å². The summed E-state index contributed by atoms with van der Waals surface area (Å²) in [6, 6.07) is 13.0. The number of fused-ring (bicyclic) bond motifs is 4. The van der Waals surface area contributed by atoms with Gasteiger partial charge in [0, 0.05) is 29.1 Å². The summed E-state index contributed by atoms with van der Waals surface area (Å²) in [7, 11) is 0. The molecule has 36 heavy (non-hydrogen) atoms. The fourth-order valence-corrected chi connectivity index (χ4v) is 4.95. The average molecular weight is 504 g/mol. The third kappa shape index (κ3) is 3.78. The van der Waals surface area contributed by atoms with Gasteiger partial charge in [0.25, 0.3) is 5.91 Å². The van der Waals surface area contributed by atoms with Gasteiger partial charge in [-0.05, 0) is 61.2 Å². The van der Waals surface area contributed by atoms with Gasteiger partial charge in [0.1, 0.15) is 17.1 Å². The van der Waals surface area contributed by atoms with Gasteiger partial charge in [-0.3, -0.25) is 4.79 Å². The van der Waals surface area contributed by atoms with Crippen molar-refractivity contribution in [1.82, 2.24) is 14.8 Å². The van der Waals surface area contributed by atoms with Crippen molar-refractivity contribution in [3.05, 3.63) is 81.8 Å². The Labute approximate surface area is 211 Å². The number of pyridine rings is 1. The van der Waals surface area contributed by atoms with Crippen LogP contribution < -0.4 is 20.5 Å². The molecule has 4 aromatic rings. The first-order valence-electron chi connectivity index (χ1n) is 11.4. The van der Waals surface area contributed by atoms with Crippen molar-refractivity contribution in [2.75, 3.05) is 12.1 Å². The summed E-state index contributed by atoms with van der Waals surface area (Å²) in [6.45, 7) is 1.97. The molecule has 1 atom stereocenters. The van der Waals surface area contributed by atoms with E-state index in [-0.39, 0.29) is 12.7 Å². The highest BCUT2D eigenvalue weighted by Gasteiger charge is 2.29. The Morgan fingerprint density at radius 1 is 1.17 bits per heavy atom. The molecule has 4 N–H and O–H groups in total. The first kappa shape index (κ1) is 22.5. The van der Waals surface area contributed by atoms with Crippen molar-refractivity contribution in [1.29, 1.82) is 0 Å². The van der Waals surface area contributed by atoms with E-state index in [1.165, 1.54) is 6.20 Å². The molecule has 1 aliphatic carbocycles. The molecule has 3 heterocycles. The Hall–Kier alpha value is -3.92. The maximum Gasteiger partial charge on any atom is 0.257 e. The number of amides is 1. The molecule has 6 rings (SSSR count). The first-order chi connectivity index (χ1) is 17.4. The second-order valence-electron chi connectivity index (χ2n) is 8.75. The zero-order valence-corrected chi connectivity index (χ0v) is 20.0. The Balaban J connectivity index is 1.43. The molecule has 0 saturated heterocycles. The van der Waals surface area contributed by atoms with E-state index in [1.54, 1.807) is 10.7 Å². The van der Waals surface area contributed by atoms with Gasteiger partial charge in [-0.2, -0.15) is 5.10 Å². The van der Waals surface area contributed by atoms with Crippen LogP contribution in [0.25, 0.3) is 16.9 Å². The van der Waals surface area contributed by atoms with E-state index in [9.17, 15) is 9.90 Å². The molecule has 1 amide bonds. The van der Waals surface area contributed by atoms with E-state index in [4.69, 9.17) is 26.8 Å². The Kier molecular flexibility index (Phi) is 5.40. The predicted octanol–water partition coefficient (Wildman–Crippen LogP) is 3.93. The lowest BCUT2D eigenvalue weighted by Gasteiger charge is -2.20. The summed E-state index contributed by atoms with van der Waals surface area (Å²) in [5, 5.41) is 18.2. The van der Waals surface area contributed by atoms with Gasteiger partial charge in [0.15, 0.2) is 11.5 Å². The minimum atomic E-state index is -1.22. The fraction of sp³-hybridized carbons (Fsp3) is 0.192. The lowest BCUT2D eigenvalue weighted by molar-refractivity contribution is 0.102. The zero-order chi connectivity index (χ0) is 25.0. The number of ether oxygens (including phenoxy) is 2. The predicted molar refractivity (Wildman–Crippen MR) is 134 cm³/mol. The summed E-state index contributed by atoms with van der Waals surface area (Å²) < 4.78 is 12.8. The Morgan fingerprint density at radius 3 is 2.81 bits per heavy atom. The number of carbonyl (C=O) groups is 1. The van der Waals surface area contributed by atoms with Crippen LogP contribution in [0.1, 0.15) is 39.0 Å². The number of hydrogen-bond acceptors (Lipinski definition) is 7. The van der Waals surface area contributed by atoms with Crippen LogP contribution in [-0.2, 0) is 12.8 Å². The molecule has 2 aliphatic rings. The SMILES string of the molecule is Cc1cc(Cl)ncc1C(=O)Nc1ccc2c(c1)-c1c(c(C(N)O)nn1-c1ccc3c(c1)OCO3)CC2. The van der Waals surface area contributed by atoms with Crippen LogP contribution in [0.5, 0.6) is 11.5 Å². The normalized spacial score (nSPS) is 14.2. The molecular formula is C26H22ClN5O4. The summed E-state index contributed by atoms with van der Waals surface area (Å²) in [6.07, 6.45) is 1.67. The Bertz CT molecular complexity index is 1530. The molecule has 0 saturated carbocycles. The molecule has 182 valence electrons. The number of halogens is 1. The first-order valence-corrected chi connectivity index (χ1v) is 11.8. The van der Waals surface area contributed by atoms with Gasteiger partial charge in [0.05, 0.1) is 16.9 Å². The highest BCUT2D eigenvalue weighted by Crippen LogP contribution is 2.41. The summed E-state index contributed by atoms with van der Waals surface area (Å²) in [4.78, 5) is 17.0. The molecule has 0 spiro atoms. The zero-order valence-electron chi connectivity index (χ0n) is 19.3. The summed E-state index contributed by atoms with van der Waals surface area (Å²) in [5.41, 5.74) is 12.5. The van der Waals surface area contributed by atoms with Gasteiger partial charge in [-0.15, -0.1) is 0 Å². The minimum absolute atomic E-state index is 0.164. The van der Waals surface area contributed by atoms with E-state index in [0.29, 0.717) is 40.0 Å². The average Bonchev–Trinajstić information content (AvgIpc) is 3.48. The van der Waals surface area contributed by atoms with Crippen LogP contribution in [0.4, 0.5) is 5.69 Å². The fourth-order valence-electron chi connectivity index (χ4n) is 4.74. The molecule has 0 fully saturated rings. The van der Waals surface area contributed by atoms with Gasteiger partial charge in [-0.25, -0.2) is 9.67 Å². The molecule has 1 unspecified atom stereocenters. The number of aromatic nitrogens is 3. The summed E-state index contributed by atoms with van der Waals surface area (Å²) in [5.74, 6) is 1.00. The second-order valence-corrected chi connectivity index (χ2v) is 9.14. The molecular weight excluding hydrogens is 482 g/mol. The van der Waals surface area contributed by atoms with Crippen LogP contribution in [-0.4, -0.2) is 32.6 Å². The van der Waals surface area contributed by atoms with Crippen molar-refractivity contribution in [2.24, 2.45) is 5.73 Å². The van der Waals surface area contributed by atoms with Crippen molar-refractivity contribution < 1.29 is 19.4 Å². The van der Waals surface area contributed by atoms with Crippen LogP contribution in [0.15, 0.2) is 48.7 Å². The molecule has 0 bridgehead atoms. The number of nitrogens with two attached hydrogens (primary N) is 1.